The Morgan fingerprint density at radius 2 is 1.78 bits per heavy atom. The molecule has 144 valence electrons. The van der Waals surface area contributed by atoms with Crippen LogP contribution in [0.3, 0.4) is 0 Å². The molecule has 1 N–H and O–H groups in total. The Morgan fingerprint density at radius 1 is 1.07 bits per heavy atom. The fourth-order valence-electron chi connectivity index (χ4n) is 3.03. The zero-order valence-electron chi connectivity index (χ0n) is 15.5. The Labute approximate surface area is 157 Å². The maximum absolute atomic E-state index is 12.4. The number of ether oxygens (including phenoxy) is 5. The SMILES string of the molecule is COc1ccc(C(=O)C[C@@H](O)Cc2cc(OC)c3c(c2OC)OCO3)cc1. The minimum Gasteiger partial charge on any atom is -0.497 e. The summed E-state index contributed by atoms with van der Waals surface area (Å²) in [6, 6.07) is 8.51. The third-order valence-electron chi connectivity index (χ3n) is 4.35. The van der Waals surface area contributed by atoms with Crippen LogP contribution in [0.2, 0.25) is 0 Å². The maximum Gasteiger partial charge on any atom is 0.231 e. The second-order valence-corrected chi connectivity index (χ2v) is 6.05. The highest BCUT2D eigenvalue weighted by molar-refractivity contribution is 5.96. The van der Waals surface area contributed by atoms with E-state index in [-0.39, 0.29) is 25.4 Å². The number of aliphatic hydroxyl groups excluding tert-OH is 1. The van der Waals surface area contributed by atoms with Crippen molar-refractivity contribution in [2.24, 2.45) is 0 Å². The predicted molar refractivity (Wildman–Crippen MR) is 97.3 cm³/mol. The molecule has 3 rings (SSSR count). The van der Waals surface area contributed by atoms with Crippen LogP contribution in [-0.2, 0) is 6.42 Å². The molecule has 0 saturated carbocycles. The first-order valence-corrected chi connectivity index (χ1v) is 8.46. The van der Waals surface area contributed by atoms with E-state index in [4.69, 9.17) is 23.7 Å². The van der Waals surface area contributed by atoms with Crippen LogP contribution in [0, 0.1) is 0 Å². The van der Waals surface area contributed by atoms with E-state index in [2.05, 4.69) is 0 Å². The van der Waals surface area contributed by atoms with Crippen LogP contribution in [0.4, 0.5) is 0 Å². The van der Waals surface area contributed by atoms with Gasteiger partial charge in [0.25, 0.3) is 0 Å². The number of carbonyl (C=O) groups excluding carboxylic acids is 1. The summed E-state index contributed by atoms with van der Waals surface area (Å²) in [6.45, 7) is 0.0734. The second kappa shape index (κ2) is 8.18. The number of ketones is 1. The molecule has 1 aliphatic rings. The molecule has 7 heteroatoms. The van der Waals surface area contributed by atoms with E-state index in [9.17, 15) is 9.90 Å². The molecular weight excluding hydrogens is 352 g/mol. The zero-order chi connectivity index (χ0) is 19.4. The summed E-state index contributed by atoms with van der Waals surface area (Å²) in [4.78, 5) is 12.4. The first-order valence-electron chi connectivity index (χ1n) is 8.46. The summed E-state index contributed by atoms with van der Waals surface area (Å²) in [6.07, 6.45) is -0.705. The van der Waals surface area contributed by atoms with Gasteiger partial charge in [0.05, 0.1) is 27.4 Å². The molecule has 0 aromatic heterocycles. The summed E-state index contributed by atoms with van der Waals surface area (Å²) >= 11 is 0. The van der Waals surface area contributed by atoms with Crippen molar-refractivity contribution in [3.8, 4) is 28.7 Å². The molecule has 27 heavy (non-hydrogen) atoms. The smallest absolute Gasteiger partial charge is 0.231 e. The third-order valence-corrected chi connectivity index (χ3v) is 4.35. The van der Waals surface area contributed by atoms with Crippen LogP contribution >= 0.6 is 0 Å². The van der Waals surface area contributed by atoms with Crippen LogP contribution in [-0.4, -0.2) is 45.1 Å². The molecule has 0 amide bonds. The lowest BCUT2D eigenvalue weighted by molar-refractivity contribution is 0.0880. The van der Waals surface area contributed by atoms with Crippen LogP contribution < -0.4 is 23.7 Å². The Hall–Kier alpha value is -2.93. The first-order chi connectivity index (χ1) is 13.1. The Balaban J connectivity index is 1.75. The molecule has 0 unspecified atom stereocenters. The molecule has 0 bridgehead atoms. The van der Waals surface area contributed by atoms with Gasteiger partial charge < -0.3 is 28.8 Å². The molecule has 0 fully saturated rings. The van der Waals surface area contributed by atoms with Gasteiger partial charge in [-0.05, 0) is 30.3 Å². The lowest BCUT2D eigenvalue weighted by Gasteiger charge is -2.16. The molecule has 1 aliphatic heterocycles. The number of methoxy groups -OCH3 is 3. The molecule has 1 atom stereocenters. The molecule has 0 saturated heterocycles. The lowest BCUT2D eigenvalue weighted by Crippen LogP contribution is -2.17. The van der Waals surface area contributed by atoms with Crippen molar-refractivity contribution in [1.29, 1.82) is 0 Å². The van der Waals surface area contributed by atoms with Crippen molar-refractivity contribution < 1.29 is 33.6 Å². The monoisotopic (exact) mass is 374 g/mol. The summed E-state index contributed by atoms with van der Waals surface area (Å²) < 4.78 is 26.7. The first kappa shape index (κ1) is 18.8. The molecule has 2 aromatic carbocycles. The van der Waals surface area contributed by atoms with Crippen LogP contribution in [0.1, 0.15) is 22.3 Å². The number of hydrogen-bond acceptors (Lipinski definition) is 7. The summed E-state index contributed by atoms with van der Waals surface area (Å²) in [7, 11) is 4.60. The van der Waals surface area contributed by atoms with Crippen molar-refractivity contribution in [3.05, 3.63) is 41.5 Å². The highest BCUT2D eigenvalue weighted by Crippen LogP contribution is 2.49. The quantitative estimate of drug-likeness (QED) is 0.711. The van der Waals surface area contributed by atoms with E-state index in [1.54, 1.807) is 37.4 Å². The molecule has 0 radical (unpaired) electrons. The number of carbonyl (C=O) groups is 1. The average molecular weight is 374 g/mol. The van der Waals surface area contributed by atoms with Gasteiger partial charge in [-0.3, -0.25) is 4.79 Å². The van der Waals surface area contributed by atoms with Crippen molar-refractivity contribution in [3.63, 3.8) is 0 Å². The number of hydrogen-bond donors (Lipinski definition) is 1. The van der Waals surface area contributed by atoms with Gasteiger partial charge in [-0.15, -0.1) is 0 Å². The fraction of sp³-hybridized carbons (Fsp3) is 0.350. The number of rotatable bonds is 8. The van der Waals surface area contributed by atoms with Crippen molar-refractivity contribution in [2.45, 2.75) is 18.9 Å². The van der Waals surface area contributed by atoms with Gasteiger partial charge in [0, 0.05) is 24.0 Å². The van der Waals surface area contributed by atoms with Gasteiger partial charge in [0.15, 0.2) is 17.3 Å². The minimum absolute atomic E-state index is 0.0216. The summed E-state index contributed by atoms with van der Waals surface area (Å²) in [5, 5.41) is 10.5. The normalized spacial score (nSPS) is 13.2. The molecule has 0 aliphatic carbocycles. The van der Waals surface area contributed by atoms with Crippen molar-refractivity contribution in [1.82, 2.24) is 0 Å². The van der Waals surface area contributed by atoms with Gasteiger partial charge in [-0.2, -0.15) is 0 Å². The van der Waals surface area contributed by atoms with Crippen molar-refractivity contribution >= 4 is 5.78 Å². The van der Waals surface area contributed by atoms with Crippen molar-refractivity contribution in [2.75, 3.05) is 28.1 Å². The summed E-state index contributed by atoms with van der Waals surface area (Å²) in [5.41, 5.74) is 1.19. The molecule has 0 spiro atoms. The van der Waals surface area contributed by atoms with Crippen LogP contribution in [0.15, 0.2) is 30.3 Å². The number of aliphatic hydroxyl groups is 1. The van der Waals surface area contributed by atoms with Gasteiger partial charge in [0.1, 0.15) is 5.75 Å². The minimum atomic E-state index is -0.890. The zero-order valence-corrected chi connectivity index (χ0v) is 15.5. The number of Topliss-reactive ketones (excluding diaryl/α,β-unsaturated/α-hetero) is 1. The number of fused-ring (bicyclic) bond motifs is 1. The van der Waals surface area contributed by atoms with Gasteiger partial charge in [0.2, 0.25) is 18.3 Å². The van der Waals surface area contributed by atoms with E-state index in [1.807, 2.05) is 0 Å². The Bertz CT molecular complexity index is 814. The van der Waals surface area contributed by atoms with E-state index in [1.165, 1.54) is 14.2 Å². The lowest BCUT2D eigenvalue weighted by atomic mass is 9.99. The predicted octanol–water partition coefficient (Wildman–Crippen LogP) is 2.62. The Kier molecular flexibility index (Phi) is 5.71. The highest BCUT2D eigenvalue weighted by atomic mass is 16.7. The maximum atomic E-state index is 12.4. The molecule has 1 heterocycles. The molecule has 2 aromatic rings. The number of benzene rings is 2. The average Bonchev–Trinajstić information content (AvgIpc) is 3.17. The van der Waals surface area contributed by atoms with Gasteiger partial charge in [-0.1, -0.05) is 0 Å². The summed E-state index contributed by atoms with van der Waals surface area (Å²) in [5.74, 6) is 2.40. The second-order valence-electron chi connectivity index (χ2n) is 6.05. The topological polar surface area (TPSA) is 83.5 Å². The van der Waals surface area contributed by atoms with Crippen LogP contribution in [0.25, 0.3) is 0 Å². The van der Waals surface area contributed by atoms with Crippen LogP contribution in [0.5, 0.6) is 28.7 Å². The standard InChI is InChI=1S/C20H22O7/c1-23-15-6-4-12(5-7-15)16(22)10-14(21)8-13-9-17(24-2)19-20(18(13)25-3)27-11-26-19/h4-7,9,14,21H,8,10-11H2,1-3H3/t14-/m0/s1. The van der Waals surface area contributed by atoms with E-state index in [0.717, 1.165) is 0 Å². The van der Waals surface area contributed by atoms with E-state index >= 15 is 0 Å². The van der Waals surface area contributed by atoms with Gasteiger partial charge in [-0.25, -0.2) is 0 Å². The largest absolute Gasteiger partial charge is 0.497 e. The fourth-order valence-corrected chi connectivity index (χ4v) is 3.03. The van der Waals surface area contributed by atoms with E-state index in [0.29, 0.717) is 39.9 Å². The Morgan fingerprint density at radius 3 is 2.41 bits per heavy atom. The van der Waals surface area contributed by atoms with E-state index < -0.39 is 6.10 Å². The third kappa shape index (κ3) is 3.93. The molecular formula is C20H22O7. The molecule has 7 nitrogen and oxygen atoms in total. The highest BCUT2D eigenvalue weighted by Gasteiger charge is 2.28. The van der Waals surface area contributed by atoms with Gasteiger partial charge >= 0.3 is 0 Å².